The van der Waals surface area contributed by atoms with Crippen LogP contribution in [-0.2, 0) is 16.6 Å². The Hall–Kier alpha value is -1.18. The van der Waals surface area contributed by atoms with Gasteiger partial charge in [0.25, 0.3) is 0 Å². The maximum atomic E-state index is 12.5. The molecule has 0 amide bonds. The molecule has 0 radical (unpaired) electrons. The first-order chi connectivity index (χ1) is 7.32. The van der Waals surface area contributed by atoms with Crippen molar-refractivity contribution in [3.63, 3.8) is 0 Å². The van der Waals surface area contributed by atoms with E-state index in [-0.39, 0.29) is 0 Å². The van der Waals surface area contributed by atoms with E-state index in [1.807, 2.05) is 24.3 Å². The van der Waals surface area contributed by atoms with Crippen LogP contribution in [0.1, 0.15) is 30.4 Å². The van der Waals surface area contributed by atoms with Crippen LogP contribution in [0.2, 0.25) is 0 Å². The molecule has 2 heteroatoms. The number of hydrogen-bond acceptors (Lipinski definition) is 1. The smallest absolute Gasteiger partial charge is 0.130 e. The topological polar surface area (TPSA) is 17.1 Å². The fourth-order valence-electron chi connectivity index (χ4n) is 2.56. The summed E-state index contributed by atoms with van der Waals surface area (Å²) in [6.07, 6.45) is 4.06. The molecule has 1 nitrogen and oxygen atoms in total. The third-order valence-electron chi connectivity index (χ3n) is 3.39. The number of benzene rings is 1. The third-order valence-corrected chi connectivity index (χ3v) is 3.39. The third kappa shape index (κ3) is 1.69. The average molecular weight is 206 g/mol. The van der Waals surface area contributed by atoms with Gasteiger partial charge in [-0.1, -0.05) is 24.3 Å². The van der Waals surface area contributed by atoms with Gasteiger partial charge in [-0.15, -0.1) is 0 Å². The molecule has 0 spiro atoms. The molecule has 1 aliphatic carbocycles. The van der Waals surface area contributed by atoms with Crippen LogP contribution in [0.25, 0.3) is 0 Å². The van der Waals surface area contributed by atoms with Gasteiger partial charge >= 0.3 is 0 Å². The average Bonchev–Trinajstić information content (AvgIpc) is 2.30. The first-order valence-electron chi connectivity index (χ1n) is 5.43. The standard InChI is InChI=1S/C13H15FO/c14-9-8-13(10-15)7-3-5-11-4-1-2-6-12(11)13/h1-2,4,6,10H,3,5,7-9H2. The number of carbonyl (C=O) groups is 1. The second-order valence-corrected chi connectivity index (χ2v) is 4.22. The quantitative estimate of drug-likeness (QED) is 0.695. The first-order valence-corrected chi connectivity index (χ1v) is 5.43. The molecule has 0 fully saturated rings. The van der Waals surface area contributed by atoms with Gasteiger partial charge in [0.05, 0.1) is 12.1 Å². The lowest BCUT2D eigenvalue weighted by atomic mass is 9.69. The Balaban J connectivity index is 2.46. The Bertz CT molecular complexity index is 361. The molecule has 1 aromatic rings. The predicted molar refractivity (Wildman–Crippen MR) is 57.7 cm³/mol. The van der Waals surface area contributed by atoms with Crippen LogP contribution in [-0.4, -0.2) is 13.0 Å². The van der Waals surface area contributed by atoms with Crippen LogP contribution in [0.4, 0.5) is 4.39 Å². The molecule has 0 aliphatic heterocycles. The molecule has 1 unspecified atom stereocenters. The summed E-state index contributed by atoms with van der Waals surface area (Å²) >= 11 is 0. The largest absolute Gasteiger partial charge is 0.302 e. The molecule has 1 aromatic carbocycles. The molecule has 0 bridgehead atoms. The number of alkyl halides is 1. The van der Waals surface area contributed by atoms with Gasteiger partial charge in [-0.05, 0) is 36.8 Å². The maximum absolute atomic E-state index is 12.5. The first kappa shape index (κ1) is 10.3. The van der Waals surface area contributed by atoms with E-state index in [4.69, 9.17) is 0 Å². The number of fused-ring (bicyclic) bond motifs is 1. The Labute approximate surface area is 89.3 Å². The van der Waals surface area contributed by atoms with E-state index in [9.17, 15) is 9.18 Å². The van der Waals surface area contributed by atoms with E-state index >= 15 is 0 Å². The summed E-state index contributed by atoms with van der Waals surface area (Å²) in [4.78, 5) is 11.3. The molecule has 0 heterocycles. The molecule has 0 saturated heterocycles. The zero-order valence-corrected chi connectivity index (χ0v) is 8.71. The van der Waals surface area contributed by atoms with Crippen LogP contribution in [0.5, 0.6) is 0 Å². The van der Waals surface area contributed by atoms with Gasteiger partial charge in [0.15, 0.2) is 0 Å². The molecule has 2 rings (SSSR count). The molecule has 1 aliphatic rings. The molecule has 0 aromatic heterocycles. The molecule has 0 saturated carbocycles. The molecular formula is C13H15FO. The van der Waals surface area contributed by atoms with Crippen LogP contribution in [0, 0.1) is 0 Å². The van der Waals surface area contributed by atoms with Crippen LogP contribution in [0.3, 0.4) is 0 Å². The second-order valence-electron chi connectivity index (χ2n) is 4.22. The zero-order chi connectivity index (χ0) is 10.7. The van der Waals surface area contributed by atoms with Gasteiger partial charge in [-0.3, -0.25) is 4.39 Å². The van der Waals surface area contributed by atoms with Crippen molar-refractivity contribution in [2.24, 2.45) is 0 Å². The highest BCUT2D eigenvalue weighted by atomic mass is 19.1. The van der Waals surface area contributed by atoms with E-state index < -0.39 is 12.1 Å². The minimum absolute atomic E-state index is 0.327. The van der Waals surface area contributed by atoms with Crippen molar-refractivity contribution in [3.8, 4) is 0 Å². The van der Waals surface area contributed by atoms with Gasteiger partial charge in [0, 0.05) is 0 Å². The normalized spacial score (nSPS) is 24.6. The van der Waals surface area contributed by atoms with Crippen molar-refractivity contribution >= 4 is 6.29 Å². The fraction of sp³-hybridized carbons (Fsp3) is 0.462. The number of aryl methyl sites for hydroxylation is 1. The van der Waals surface area contributed by atoms with Crippen LogP contribution < -0.4 is 0 Å². The van der Waals surface area contributed by atoms with Crippen LogP contribution in [0.15, 0.2) is 24.3 Å². The molecule has 15 heavy (non-hydrogen) atoms. The number of carbonyl (C=O) groups excluding carboxylic acids is 1. The van der Waals surface area contributed by atoms with Crippen LogP contribution >= 0.6 is 0 Å². The molecular weight excluding hydrogens is 191 g/mol. The maximum Gasteiger partial charge on any atom is 0.130 e. The Morgan fingerprint density at radius 1 is 1.40 bits per heavy atom. The van der Waals surface area contributed by atoms with Crippen molar-refractivity contribution in [1.82, 2.24) is 0 Å². The minimum atomic E-state index is -0.552. The van der Waals surface area contributed by atoms with E-state index in [0.29, 0.717) is 6.42 Å². The van der Waals surface area contributed by atoms with Gasteiger partial charge < -0.3 is 4.79 Å². The Morgan fingerprint density at radius 3 is 2.93 bits per heavy atom. The molecule has 0 N–H and O–H groups in total. The number of hydrogen-bond donors (Lipinski definition) is 0. The lowest BCUT2D eigenvalue weighted by molar-refractivity contribution is -0.113. The van der Waals surface area contributed by atoms with E-state index in [2.05, 4.69) is 0 Å². The van der Waals surface area contributed by atoms with Gasteiger partial charge in [0.1, 0.15) is 6.29 Å². The second kappa shape index (κ2) is 4.13. The highest BCUT2D eigenvalue weighted by molar-refractivity contribution is 5.70. The summed E-state index contributed by atoms with van der Waals surface area (Å²) < 4.78 is 12.5. The van der Waals surface area contributed by atoms with Crippen molar-refractivity contribution in [1.29, 1.82) is 0 Å². The van der Waals surface area contributed by atoms with E-state index in [1.54, 1.807) is 0 Å². The van der Waals surface area contributed by atoms with Gasteiger partial charge in [-0.2, -0.15) is 0 Å². The molecule has 1 atom stereocenters. The zero-order valence-electron chi connectivity index (χ0n) is 8.71. The summed E-state index contributed by atoms with van der Waals surface area (Å²) in [5, 5.41) is 0. The lowest BCUT2D eigenvalue weighted by Crippen LogP contribution is -2.33. The summed E-state index contributed by atoms with van der Waals surface area (Å²) in [5.41, 5.74) is 1.71. The molecule has 80 valence electrons. The fourth-order valence-corrected chi connectivity index (χ4v) is 2.56. The predicted octanol–water partition coefficient (Wildman–Crippen LogP) is 2.82. The summed E-state index contributed by atoms with van der Waals surface area (Å²) in [6, 6.07) is 7.93. The van der Waals surface area contributed by atoms with Crippen molar-refractivity contribution in [2.45, 2.75) is 31.1 Å². The summed E-state index contributed by atoms with van der Waals surface area (Å²) in [7, 11) is 0. The lowest BCUT2D eigenvalue weighted by Gasteiger charge is -2.33. The van der Waals surface area contributed by atoms with E-state index in [0.717, 1.165) is 31.1 Å². The monoisotopic (exact) mass is 206 g/mol. The van der Waals surface area contributed by atoms with Gasteiger partial charge in [0.2, 0.25) is 0 Å². The SMILES string of the molecule is O=CC1(CCF)CCCc2ccccc21. The minimum Gasteiger partial charge on any atom is -0.302 e. The van der Waals surface area contributed by atoms with E-state index in [1.165, 1.54) is 5.56 Å². The van der Waals surface area contributed by atoms with Crippen molar-refractivity contribution < 1.29 is 9.18 Å². The van der Waals surface area contributed by atoms with Gasteiger partial charge in [-0.25, -0.2) is 0 Å². The summed E-state index contributed by atoms with van der Waals surface area (Å²) in [6.45, 7) is -0.424. The highest BCUT2D eigenvalue weighted by Gasteiger charge is 2.35. The van der Waals surface area contributed by atoms with Crippen molar-refractivity contribution in [2.75, 3.05) is 6.67 Å². The summed E-state index contributed by atoms with van der Waals surface area (Å²) in [5.74, 6) is 0. The highest BCUT2D eigenvalue weighted by Crippen LogP contribution is 2.38. The number of rotatable bonds is 3. The van der Waals surface area contributed by atoms with Crippen molar-refractivity contribution in [3.05, 3.63) is 35.4 Å². The Morgan fingerprint density at radius 2 is 2.20 bits per heavy atom. The number of aldehydes is 1. The number of halogens is 1. The Kier molecular flexibility index (Phi) is 2.85.